The molecule has 0 aliphatic carbocycles. The third-order valence-corrected chi connectivity index (χ3v) is 1.55. The second kappa shape index (κ2) is 7.29. The zero-order valence-electron chi connectivity index (χ0n) is 6.62. The van der Waals surface area contributed by atoms with Crippen molar-refractivity contribution < 1.29 is 0 Å². The van der Waals surface area contributed by atoms with Crippen LogP contribution in [0.2, 0.25) is 0 Å². The van der Waals surface area contributed by atoms with Gasteiger partial charge >= 0.3 is 0 Å². The average Bonchev–Trinajstić information content (AvgIpc) is 1.87. The SMILES string of the molecule is C=C(Br)CNCCCCC. The van der Waals surface area contributed by atoms with Gasteiger partial charge in [0.2, 0.25) is 0 Å². The van der Waals surface area contributed by atoms with Crippen molar-refractivity contribution in [1.82, 2.24) is 5.32 Å². The number of hydrogen-bond donors (Lipinski definition) is 1. The molecule has 60 valence electrons. The minimum atomic E-state index is 0.893. The Kier molecular flexibility index (Phi) is 7.42. The van der Waals surface area contributed by atoms with Gasteiger partial charge in [-0.3, -0.25) is 0 Å². The maximum Gasteiger partial charge on any atom is 0.0265 e. The monoisotopic (exact) mass is 205 g/mol. The number of unbranched alkanes of at least 4 members (excludes halogenated alkanes) is 2. The van der Waals surface area contributed by atoms with Crippen LogP contribution in [0.25, 0.3) is 0 Å². The zero-order valence-corrected chi connectivity index (χ0v) is 8.21. The molecule has 1 N–H and O–H groups in total. The molecule has 0 radical (unpaired) electrons. The van der Waals surface area contributed by atoms with Crippen molar-refractivity contribution >= 4 is 15.9 Å². The highest BCUT2D eigenvalue weighted by molar-refractivity contribution is 9.11. The van der Waals surface area contributed by atoms with Crippen LogP contribution in [0.4, 0.5) is 0 Å². The highest BCUT2D eigenvalue weighted by Crippen LogP contribution is 1.97. The molecule has 0 unspecified atom stereocenters. The number of rotatable bonds is 6. The zero-order chi connectivity index (χ0) is 7.82. The van der Waals surface area contributed by atoms with Gasteiger partial charge in [0, 0.05) is 11.0 Å². The van der Waals surface area contributed by atoms with Gasteiger partial charge in [-0.15, -0.1) is 0 Å². The van der Waals surface area contributed by atoms with Gasteiger partial charge in [-0.05, 0) is 13.0 Å². The Morgan fingerprint density at radius 2 is 2.20 bits per heavy atom. The molecule has 0 aliphatic rings. The fourth-order valence-electron chi connectivity index (χ4n) is 0.724. The summed E-state index contributed by atoms with van der Waals surface area (Å²) in [5, 5.41) is 3.27. The summed E-state index contributed by atoms with van der Waals surface area (Å²) in [6.45, 7) is 7.94. The predicted molar refractivity (Wildman–Crippen MR) is 50.5 cm³/mol. The molecule has 0 rings (SSSR count). The van der Waals surface area contributed by atoms with Crippen molar-refractivity contribution in [3.63, 3.8) is 0 Å². The summed E-state index contributed by atoms with van der Waals surface area (Å²) >= 11 is 3.29. The second-order valence-electron chi connectivity index (χ2n) is 2.40. The van der Waals surface area contributed by atoms with Crippen molar-refractivity contribution in [2.24, 2.45) is 0 Å². The molecule has 0 aliphatic heterocycles. The normalized spacial score (nSPS) is 9.80. The molecule has 2 heteroatoms. The van der Waals surface area contributed by atoms with Crippen LogP contribution in [0.15, 0.2) is 11.1 Å². The maximum absolute atomic E-state index is 3.73. The van der Waals surface area contributed by atoms with E-state index in [1.165, 1.54) is 19.3 Å². The summed E-state index contributed by atoms with van der Waals surface area (Å²) in [7, 11) is 0. The summed E-state index contributed by atoms with van der Waals surface area (Å²) in [5.74, 6) is 0. The Hall–Kier alpha value is 0.180. The summed E-state index contributed by atoms with van der Waals surface area (Å²) in [5.41, 5.74) is 0. The van der Waals surface area contributed by atoms with E-state index in [0.717, 1.165) is 17.6 Å². The Bertz CT molecular complexity index is 91.3. The molecular formula is C8H16BrN. The highest BCUT2D eigenvalue weighted by Gasteiger charge is 1.87. The first-order chi connectivity index (χ1) is 4.77. The maximum atomic E-state index is 3.73. The number of halogens is 1. The summed E-state index contributed by atoms with van der Waals surface area (Å²) in [6, 6.07) is 0. The van der Waals surface area contributed by atoms with Crippen LogP contribution in [0.5, 0.6) is 0 Å². The molecule has 0 aromatic heterocycles. The predicted octanol–water partition coefficient (Wildman–Crippen LogP) is 2.67. The van der Waals surface area contributed by atoms with E-state index in [1.807, 2.05) is 0 Å². The van der Waals surface area contributed by atoms with Gasteiger partial charge in [-0.1, -0.05) is 42.3 Å². The first-order valence-electron chi connectivity index (χ1n) is 3.81. The van der Waals surface area contributed by atoms with E-state index in [4.69, 9.17) is 0 Å². The number of nitrogens with one attached hydrogen (secondary N) is 1. The van der Waals surface area contributed by atoms with E-state index in [1.54, 1.807) is 0 Å². The Balaban J connectivity index is 2.84. The average molecular weight is 206 g/mol. The van der Waals surface area contributed by atoms with Crippen molar-refractivity contribution in [3.05, 3.63) is 11.1 Å². The van der Waals surface area contributed by atoms with Crippen LogP contribution in [0, 0.1) is 0 Å². The van der Waals surface area contributed by atoms with E-state index in [9.17, 15) is 0 Å². The largest absolute Gasteiger partial charge is 0.312 e. The lowest BCUT2D eigenvalue weighted by atomic mass is 10.2. The fraction of sp³-hybridized carbons (Fsp3) is 0.750. The second-order valence-corrected chi connectivity index (χ2v) is 3.52. The third-order valence-electron chi connectivity index (χ3n) is 1.27. The van der Waals surface area contributed by atoms with Gasteiger partial charge < -0.3 is 5.32 Å². The molecule has 0 saturated carbocycles. The molecule has 0 saturated heterocycles. The van der Waals surface area contributed by atoms with E-state index in [0.29, 0.717) is 0 Å². The number of hydrogen-bond acceptors (Lipinski definition) is 1. The van der Waals surface area contributed by atoms with E-state index >= 15 is 0 Å². The molecule has 0 amide bonds. The van der Waals surface area contributed by atoms with Crippen LogP contribution in [0.3, 0.4) is 0 Å². The first-order valence-corrected chi connectivity index (χ1v) is 4.60. The molecule has 10 heavy (non-hydrogen) atoms. The fourth-order valence-corrected chi connectivity index (χ4v) is 0.922. The smallest absolute Gasteiger partial charge is 0.0265 e. The first kappa shape index (κ1) is 10.2. The molecule has 0 bridgehead atoms. The van der Waals surface area contributed by atoms with Gasteiger partial charge in [0.15, 0.2) is 0 Å². The molecule has 0 spiro atoms. The Labute approximate surface area is 72.0 Å². The highest BCUT2D eigenvalue weighted by atomic mass is 79.9. The van der Waals surface area contributed by atoms with Crippen molar-refractivity contribution in [3.8, 4) is 0 Å². The van der Waals surface area contributed by atoms with Crippen LogP contribution in [0.1, 0.15) is 26.2 Å². The summed E-state index contributed by atoms with van der Waals surface area (Å²) in [6.07, 6.45) is 3.88. The van der Waals surface area contributed by atoms with Gasteiger partial charge in [-0.2, -0.15) is 0 Å². The van der Waals surface area contributed by atoms with Gasteiger partial charge in [0.25, 0.3) is 0 Å². The van der Waals surface area contributed by atoms with Crippen LogP contribution in [-0.4, -0.2) is 13.1 Å². The molecule has 0 atom stereocenters. The van der Waals surface area contributed by atoms with Crippen LogP contribution in [-0.2, 0) is 0 Å². The molecule has 0 aromatic rings. The third kappa shape index (κ3) is 8.18. The van der Waals surface area contributed by atoms with Crippen LogP contribution < -0.4 is 5.32 Å². The van der Waals surface area contributed by atoms with E-state index in [-0.39, 0.29) is 0 Å². The standard InChI is InChI=1S/C8H16BrN/c1-3-4-5-6-10-7-8(2)9/h10H,2-7H2,1H3. The minimum Gasteiger partial charge on any atom is -0.312 e. The lowest BCUT2D eigenvalue weighted by Gasteiger charge is -2.00. The van der Waals surface area contributed by atoms with Crippen molar-refractivity contribution in [1.29, 1.82) is 0 Å². The van der Waals surface area contributed by atoms with Crippen LogP contribution >= 0.6 is 15.9 Å². The van der Waals surface area contributed by atoms with Gasteiger partial charge in [0.05, 0.1) is 0 Å². The topological polar surface area (TPSA) is 12.0 Å². The summed E-state index contributed by atoms with van der Waals surface area (Å²) in [4.78, 5) is 0. The molecule has 1 nitrogen and oxygen atoms in total. The Morgan fingerprint density at radius 1 is 1.50 bits per heavy atom. The molecule has 0 heterocycles. The van der Waals surface area contributed by atoms with Gasteiger partial charge in [-0.25, -0.2) is 0 Å². The lowest BCUT2D eigenvalue weighted by Crippen LogP contribution is -2.16. The lowest BCUT2D eigenvalue weighted by molar-refractivity contribution is 0.645. The molecular weight excluding hydrogens is 190 g/mol. The van der Waals surface area contributed by atoms with Crippen molar-refractivity contribution in [2.45, 2.75) is 26.2 Å². The molecule has 0 fully saturated rings. The Morgan fingerprint density at radius 3 is 2.70 bits per heavy atom. The quantitative estimate of drug-likeness (QED) is 0.659. The minimum absolute atomic E-state index is 0.893. The van der Waals surface area contributed by atoms with E-state index in [2.05, 4.69) is 34.7 Å². The molecule has 0 aromatic carbocycles. The van der Waals surface area contributed by atoms with Crippen molar-refractivity contribution in [2.75, 3.05) is 13.1 Å². The summed E-state index contributed by atoms with van der Waals surface area (Å²) < 4.78 is 1.03. The van der Waals surface area contributed by atoms with E-state index < -0.39 is 0 Å². The van der Waals surface area contributed by atoms with Gasteiger partial charge in [0.1, 0.15) is 0 Å².